The standard InChI is InChI=1S/C14H10Cl4O/c15-7-10-2-1-3-12(17)14(10)19-8-9-4-5-11(16)13(18)6-9/h1-6H,7-8H2. The van der Waals surface area contributed by atoms with E-state index in [1.54, 1.807) is 18.2 Å². The monoisotopic (exact) mass is 334 g/mol. The van der Waals surface area contributed by atoms with E-state index >= 15 is 0 Å². The summed E-state index contributed by atoms with van der Waals surface area (Å²) in [6, 6.07) is 10.8. The Hall–Kier alpha value is -0.600. The van der Waals surface area contributed by atoms with Crippen molar-refractivity contribution in [2.24, 2.45) is 0 Å². The molecule has 2 aromatic rings. The smallest absolute Gasteiger partial charge is 0.142 e. The lowest BCUT2D eigenvalue weighted by atomic mass is 10.2. The van der Waals surface area contributed by atoms with Crippen LogP contribution >= 0.6 is 46.4 Å². The van der Waals surface area contributed by atoms with E-state index in [4.69, 9.17) is 51.1 Å². The number of hydrogen-bond donors (Lipinski definition) is 0. The first-order valence-electron chi connectivity index (χ1n) is 5.52. The van der Waals surface area contributed by atoms with E-state index in [1.165, 1.54) is 0 Å². The van der Waals surface area contributed by atoms with Crippen LogP contribution in [0.4, 0.5) is 0 Å². The normalized spacial score (nSPS) is 10.5. The summed E-state index contributed by atoms with van der Waals surface area (Å²) in [5.74, 6) is 0.947. The number of ether oxygens (including phenoxy) is 1. The summed E-state index contributed by atoms with van der Waals surface area (Å²) in [7, 11) is 0. The summed E-state index contributed by atoms with van der Waals surface area (Å²) in [5, 5.41) is 1.56. The molecule has 0 spiro atoms. The Kier molecular flexibility index (Phi) is 5.23. The van der Waals surface area contributed by atoms with E-state index in [1.807, 2.05) is 18.2 Å². The van der Waals surface area contributed by atoms with E-state index in [-0.39, 0.29) is 0 Å². The number of benzene rings is 2. The second kappa shape index (κ2) is 6.71. The van der Waals surface area contributed by atoms with E-state index < -0.39 is 0 Å². The van der Waals surface area contributed by atoms with Crippen LogP contribution in [0, 0.1) is 0 Å². The molecule has 0 bridgehead atoms. The van der Waals surface area contributed by atoms with E-state index in [9.17, 15) is 0 Å². The molecule has 0 fully saturated rings. The second-order valence-electron chi connectivity index (χ2n) is 3.90. The van der Waals surface area contributed by atoms with Gasteiger partial charge in [-0.2, -0.15) is 0 Å². The third kappa shape index (κ3) is 3.70. The third-order valence-corrected chi connectivity index (χ3v) is 3.88. The minimum absolute atomic E-state index is 0.345. The lowest BCUT2D eigenvalue weighted by molar-refractivity contribution is 0.304. The van der Waals surface area contributed by atoms with Crippen molar-refractivity contribution in [3.63, 3.8) is 0 Å². The maximum absolute atomic E-state index is 6.10. The zero-order valence-electron chi connectivity index (χ0n) is 9.80. The van der Waals surface area contributed by atoms with Gasteiger partial charge in [0.1, 0.15) is 12.4 Å². The van der Waals surface area contributed by atoms with Gasteiger partial charge in [0.2, 0.25) is 0 Å². The fourth-order valence-electron chi connectivity index (χ4n) is 1.61. The Labute approximate surface area is 132 Å². The van der Waals surface area contributed by atoms with Crippen LogP contribution in [0.1, 0.15) is 11.1 Å². The zero-order valence-corrected chi connectivity index (χ0v) is 12.8. The van der Waals surface area contributed by atoms with Gasteiger partial charge in [-0.3, -0.25) is 0 Å². The maximum Gasteiger partial charge on any atom is 0.142 e. The van der Waals surface area contributed by atoms with Crippen molar-refractivity contribution in [1.29, 1.82) is 0 Å². The van der Waals surface area contributed by atoms with Gasteiger partial charge in [0.25, 0.3) is 0 Å². The molecule has 2 aromatic carbocycles. The van der Waals surface area contributed by atoms with Crippen molar-refractivity contribution in [1.82, 2.24) is 0 Å². The molecule has 0 heterocycles. The Morgan fingerprint density at radius 2 is 1.68 bits per heavy atom. The molecule has 5 heteroatoms. The van der Waals surface area contributed by atoms with Crippen LogP contribution in [0.15, 0.2) is 36.4 Å². The predicted molar refractivity (Wildman–Crippen MR) is 81.8 cm³/mol. The van der Waals surface area contributed by atoms with Gasteiger partial charge in [-0.1, -0.05) is 53.0 Å². The average molecular weight is 336 g/mol. The van der Waals surface area contributed by atoms with Crippen LogP contribution in [0.3, 0.4) is 0 Å². The summed E-state index contributed by atoms with van der Waals surface area (Å²) >= 11 is 23.8. The van der Waals surface area contributed by atoms with Gasteiger partial charge in [-0.25, -0.2) is 0 Å². The molecule has 19 heavy (non-hydrogen) atoms. The summed E-state index contributed by atoms with van der Waals surface area (Å²) in [5.41, 5.74) is 1.77. The predicted octanol–water partition coefficient (Wildman–Crippen LogP) is 5.96. The van der Waals surface area contributed by atoms with Crippen LogP contribution < -0.4 is 4.74 Å². The van der Waals surface area contributed by atoms with E-state index in [0.717, 1.165) is 11.1 Å². The summed E-state index contributed by atoms with van der Waals surface area (Å²) in [6.45, 7) is 0.352. The molecule has 0 aromatic heterocycles. The minimum atomic E-state index is 0.345. The van der Waals surface area contributed by atoms with Crippen LogP contribution in [-0.4, -0.2) is 0 Å². The lowest BCUT2D eigenvalue weighted by Crippen LogP contribution is -1.98. The molecule has 0 atom stereocenters. The van der Waals surface area contributed by atoms with Crippen LogP contribution in [-0.2, 0) is 12.5 Å². The first kappa shape index (κ1) is 14.8. The van der Waals surface area contributed by atoms with Crippen molar-refractivity contribution in [2.45, 2.75) is 12.5 Å². The molecule has 0 amide bonds. The molecule has 0 unspecified atom stereocenters. The van der Waals surface area contributed by atoms with Crippen molar-refractivity contribution in [3.8, 4) is 5.75 Å². The topological polar surface area (TPSA) is 9.23 Å². The number of rotatable bonds is 4. The highest BCUT2D eigenvalue weighted by molar-refractivity contribution is 6.42. The summed E-state index contributed by atoms with van der Waals surface area (Å²) < 4.78 is 5.72. The molecule has 0 aliphatic rings. The van der Waals surface area contributed by atoms with Gasteiger partial charge >= 0.3 is 0 Å². The Morgan fingerprint density at radius 3 is 2.37 bits per heavy atom. The molecule has 1 nitrogen and oxygen atoms in total. The summed E-state index contributed by atoms with van der Waals surface area (Å²) in [4.78, 5) is 0. The van der Waals surface area contributed by atoms with Crippen molar-refractivity contribution >= 4 is 46.4 Å². The Morgan fingerprint density at radius 1 is 0.895 bits per heavy atom. The number of alkyl halides is 1. The molecule has 2 rings (SSSR count). The Bertz CT molecular complexity index is 584. The maximum atomic E-state index is 6.10. The molecule has 0 radical (unpaired) electrons. The van der Waals surface area contributed by atoms with Gasteiger partial charge in [-0.15, -0.1) is 11.6 Å². The first-order chi connectivity index (χ1) is 9.11. The molecule has 100 valence electrons. The third-order valence-electron chi connectivity index (χ3n) is 2.56. The van der Waals surface area contributed by atoms with Gasteiger partial charge in [-0.05, 0) is 23.8 Å². The largest absolute Gasteiger partial charge is 0.487 e. The van der Waals surface area contributed by atoms with Crippen LogP contribution in [0.5, 0.6) is 5.75 Å². The van der Waals surface area contributed by atoms with Crippen molar-refractivity contribution in [2.75, 3.05) is 0 Å². The first-order valence-corrected chi connectivity index (χ1v) is 7.18. The molecule has 0 aliphatic carbocycles. The lowest BCUT2D eigenvalue weighted by Gasteiger charge is -2.12. The molecule has 0 aliphatic heterocycles. The molecular weight excluding hydrogens is 326 g/mol. The zero-order chi connectivity index (χ0) is 13.8. The van der Waals surface area contributed by atoms with Gasteiger partial charge in [0.15, 0.2) is 0 Å². The van der Waals surface area contributed by atoms with Crippen LogP contribution in [0.2, 0.25) is 15.1 Å². The highest BCUT2D eigenvalue weighted by atomic mass is 35.5. The highest BCUT2D eigenvalue weighted by Crippen LogP contribution is 2.31. The fourth-order valence-corrected chi connectivity index (χ4v) is 2.39. The van der Waals surface area contributed by atoms with Gasteiger partial charge < -0.3 is 4.74 Å². The molecular formula is C14H10Cl4O. The number of halogens is 4. The molecule has 0 saturated heterocycles. The summed E-state index contributed by atoms with van der Waals surface area (Å²) in [6.07, 6.45) is 0. The molecule has 0 N–H and O–H groups in total. The number of hydrogen-bond acceptors (Lipinski definition) is 1. The van der Waals surface area contributed by atoms with Crippen LogP contribution in [0.25, 0.3) is 0 Å². The van der Waals surface area contributed by atoms with E-state index in [0.29, 0.717) is 33.3 Å². The van der Waals surface area contributed by atoms with E-state index in [2.05, 4.69) is 0 Å². The second-order valence-corrected chi connectivity index (χ2v) is 5.39. The minimum Gasteiger partial charge on any atom is -0.487 e. The highest BCUT2D eigenvalue weighted by Gasteiger charge is 2.08. The average Bonchev–Trinajstić information content (AvgIpc) is 2.41. The quantitative estimate of drug-likeness (QED) is 0.626. The Balaban J connectivity index is 2.16. The van der Waals surface area contributed by atoms with Gasteiger partial charge in [0, 0.05) is 5.56 Å². The number of para-hydroxylation sites is 1. The fraction of sp³-hybridized carbons (Fsp3) is 0.143. The van der Waals surface area contributed by atoms with Crippen molar-refractivity contribution < 1.29 is 4.74 Å². The molecule has 0 saturated carbocycles. The van der Waals surface area contributed by atoms with Gasteiger partial charge in [0.05, 0.1) is 20.9 Å². The SMILES string of the molecule is ClCc1cccc(Cl)c1OCc1ccc(Cl)c(Cl)c1. The van der Waals surface area contributed by atoms with Crippen molar-refractivity contribution in [3.05, 3.63) is 62.6 Å².